The van der Waals surface area contributed by atoms with E-state index in [4.69, 9.17) is 0 Å². The zero-order valence-electron chi connectivity index (χ0n) is 13.7. The van der Waals surface area contributed by atoms with Crippen molar-refractivity contribution in [3.63, 3.8) is 0 Å². The van der Waals surface area contributed by atoms with Crippen molar-refractivity contribution in [1.29, 1.82) is 0 Å². The average molecular weight is 274 g/mol. The Balaban J connectivity index is 2.17. The molecule has 0 heterocycles. The number of hydrogen-bond donors (Lipinski definition) is 1. The van der Waals surface area contributed by atoms with Gasteiger partial charge in [0, 0.05) is 25.8 Å². The summed E-state index contributed by atoms with van der Waals surface area (Å²) < 4.78 is 0. The highest BCUT2D eigenvalue weighted by molar-refractivity contribution is 5.48. The molecule has 0 spiro atoms. The maximum absolute atomic E-state index is 3.57. The maximum atomic E-state index is 3.57. The molecule has 4 unspecified atom stereocenters. The van der Waals surface area contributed by atoms with Gasteiger partial charge in [0.15, 0.2) is 0 Å². The summed E-state index contributed by atoms with van der Waals surface area (Å²) in [6.07, 6.45) is 4.07. The molecule has 1 aromatic carbocycles. The predicted molar refractivity (Wildman–Crippen MR) is 88.2 cm³/mol. The van der Waals surface area contributed by atoms with Gasteiger partial charge in [0.25, 0.3) is 0 Å². The van der Waals surface area contributed by atoms with Gasteiger partial charge in [0.05, 0.1) is 0 Å². The molecule has 1 fully saturated rings. The van der Waals surface area contributed by atoms with Crippen molar-refractivity contribution in [3.05, 3.63) is 29.8 Å². The number of anilines is 1. The molecular formula is C18H30N2. The number of hydrogen-bond acceptors (Lipinski definition) is 2. The van der Waals surface area contributed by atoms with E-state index in [0.29, 0.717) is 6.04 Å². The standard InChI is InChI=1S/C18H30N2/c1-13-9-10-16(11-14(13)2)18(19-3)15-7-6-8-17(12-15)20(4)5/h6-8,12-14,16,18-19H,9-11H2,1-5H3. The molecule has 1 aliphatic rings. The number of nitrogens with zero attached hydrogens (tertiary/aromatic N) is 1. The molecule has 1 aromatic rings. The van der Waals surface area contributed by atoms with E-state index in [1.807, 2.05) is 0 Å². The van der Waals surface area contributed by atoms with Crippen LogP contribution in [0.25, 0.3) is 0 Å². The van der Waals surface area contributed by atoms with E-state index in [9.17, 15) is 0 Å². The quantitative estimate of drug-likeness (QED) is 0.890. The molecule has 0 radical (unpaired) electrons. The van der Waals surface area contributed by atoms with E-state index in [2.05, 4.69) is 69.5 Å². The topological polar surface area (TPSA) is 15.3 Å². The minimum atomic E-state index is 0.491. The second-order valence-corrected chi connectivity index (χ2v) is 6.78. The van der Waals surface area contributed by atoms with Crippen molar-refractivity contribution in [3.8, 4) is 0 Å². The first-order chi connectivity index (χ1) is 9.52. The summed E-state index contributed by atoms with van der Waals surface area (Å²) in [5, 5.41) is 3.57. The first kappa shape index (κ1) is 15.4. The van der Waals surface area contributed by atoms with Crippen molar-refractivity contribution >= 4 is 5.69 Å². The van der Waals surface area contributed by atoms with Crippen LogP contribution in [0.5, 0.6) is 0 Å². The lowest BCUT2D eigenvalue weighted by atomic mass is 9.72. The van der Waals surface area contributed by atoms with Gasteiger partial charge in [-0.3, -0.25) is 0 Å². The lowest BCUT2D eigenvalue weighted by molar-refractivity contribution is 0.175. The fourth-order valence-corrected chi connectivity index (χ4v) is 3.56. The first-order valence-electron chi connectivity index (χ1n) is 7.97. The van der Waals surface area contributed by atoms with Crippen LogP contribution in [0.1, 0.15) is 44.7 Å². The Kier molecular flexibility index (Phi) is 5.09. The minimum Gasteiger partial charge on any atom is -0.378 e. The summed E-state index contributed by atoms with van der Waals surface area (Å²) in [5.41, 5.74) is 2.73. The largest absolute Gasteiger partial charge is 0.378 e. The molecule has 0 aliphatic heterocycles. The SMILES string of the molecule is CNC(c1cccc(N(C)C)c1)C1CCC(C)C(C)C1. The molecule has 20 heavy (non-hydrogen) atoms. The molecule has 0 bridgehead atoms. The van der Waals surface area contributed by atoms with E-state index >= 15 is 0 Å². The lowest BCUT2D eigenvalue weighted by Gasteiger charge is -2.37. The van der Waals surface area contributed by atoms with Crippen LogP contribution in [-0.2, 0) is 0 Å². The second kappa shape index (κ2) is 6.62. The van der Waals surface area contributed by atoms with Gasteiger partial charge in [-0.1, -0.05) is 32.4 Å². The highest BCUT2D eigenvalue weighted by Crippen LogP contribution is 2.40. The summed E-state index contributed by atoms with van der Waals surface area (Å²) in [7, 11) is 6.32. The van der Waals surface area contributed by atoms with Gasteiger partial charge in [-0.2, -0.15) is 0 Å². The van der Waals surface area contributed by atoms with Gasteiger partial charge in [-0.05, 0) is 55.3 Å². The number of nitrogens with one attached hydrogen (secondary N) is 1. The van der Waals surface area contributed by atoms with Crippen LogP contribution in [0.2, 0.25) is 0 Å². The van der Waals surface area contributed by atoms with Crippen molar-refractivity contribution in [1.82, 2.24) is 5.32 Å². The highest BCUT2D eigenvalue weighted by atomic mass is 15.1. The summed E-state index contributed by atoms with van der Waals surface area (Å²) in [6, 6.07) is 9.47. The molecule has 0 saturated heterocycles. The van der Waals surface area contributed by atoms with Gasteiger partial charge < -0.3 is 10.2 Å². The minimum absolute atomic E-state index is 0.491. The average Bonchev–Trinajstić information content (AvgIpc) is 2.44. The van der Waals surface area contributed by atoms with Crippen LogP contribution < -0.4 is 10.2 Å². The molecule has 1 saturated carbocycles. The summed E-state index contributed by atoms with van der Waals surface area (Å²) in [6.45, 7) is 4.82. The van der Waals surface area contributed by atoms with Gasteiger partial charge in [0.2, 0.25) is 0 Å². The fourth-order valence-electron chi connectivity index (χ4n) is 3.56. The molecule has 2 rings (SSSR count). The van der Waals surface area contributed by atoms with E-state index in [0.717, 1.165) is 17.8 Å². The van der Waals surface area contributed by atoms with Gasteiger partial charge in [-0.25, -0.2) is 0 Å². The zero-order valence-corrected chi connectivity index (χ0v) is 13.7. The van der Waals surface area contributed by atoms with Crippen LogP contribution in [0, 0.1) is 17.8 Å². The molecule has 112 valence electrons. The smallest absolute Gasteiger partial charge is 0.0364 e. The third kappa shape index (κ3) is 3.35. The van der Waals surface area contributed by atoms with Gasteiger partial charge >= 0.3 is 0 Å². The van der Waals surface area contributed by atoms with E-state index in [1.165, 1.54) is 30.5 Å². The molecule has 0 aromatic heterocycles. The monoisotopic (exact) mass is 274 g/mol. The third-order valence-electron chi connectivity index (χ3n) is 5.17. The first-order valence-corrected chi connectivity index (χ1v) is 7.97. The number of rotatable bonds is 4. The van der Waals surface area contributed by atoms with Crippen LogP contribution in [0.3, 0.4) is 0 Å². The van der Waals surface area contributed by atoms with E-state index in [1.54, 1.807) is 0 Å². The molecular weight excluding hydrogens is 244 g/mol. The van der Waals surface area contributed by atoms with Crippen LogP contribution in [0.4, 0.5) is 5.69 Å². The van der Waals surface area contributed by atoms with Crippen molar-refractivity contribution in [2.24, 2.45) is 17.8 Å². The Labute approximate surface area is 124 Å². The number of benzene rings is 1. The summed E-state index contributed by atoms with van der Waals surface area (Å²) in [5.74, 6) is 2.50. The Morgan fingerprint density at radius 3 is 2.50 bits per heavy atom. The van der Waals surface area contributed by atoms with E-state index < -0.39 is 0 Å². The molecule has 2 heteroatoms. The Bertz CT molecular complexity index is 427. The lowest BCUT2D eigenvalue weighted by Crippen LogP contribution is -2.31. The third-order valence-corrected chi connectivity index (χ3v) is 5.17. The van der Waals surface area contributed by atoms with Crippen LogP contribution in [0.15, 0.2) is 24.3 Å². The van der Waals surface area contributed by atoms with Gasteiger partial charge in [-0.15, -0.1) is 0 Å². The summed E-state index contributed by atoms with van der Waals surface area (Å²) >= 11 is 0. The van der Waals surface area contributed by atoms with Crippen LogP contribution in [-0.4, -0.2) is 21.1 Å². The van der Waals surface area contributed by atoms with Crippen molar-refractivity contribution < 1.29 is 0 Å². The van der Waals surface area contributed by atoms with E-state index in [-0.39, 0.29) is 0 Å². The highest BCUT2D eigenvalue weighted by Gasteiger charge is 2.30. The normalized spacial score (nSPS) is 28.1. The predicted octanol–water partition coefficient (Wildman–Crippen LogP) is 4.09. The molecule has 1 aliphatic carbocycles. The van der Waals surface area contributed by atoms with Gasteiger partial charge in [0.1, 0.15) is 0 Å². The zero-order chi connectivity index (χ0) is 14.7. The fraction of sp³-hybridized carbons (Fsp3) is 0.667. The molecule has 2 nitrogen and oxygen atoms in total. The summed E-state index contributed by atoms with van der Waals surface area (Å²) in [4.78, 5) is 2.18. The Hall–Kier alpha value is -1.02. The van der Waals surface area contributed by atoms with Crippen molar-refractivity contribution in [2.75, 3.05) is 26.0 Å². The second-order valence-electron chi connectivity index (χ2n) is 6.78. The molecule has 0 amide bonds. The maximum Gasteiger partial charge on any atom is 0.0364 e. The Morgan fingerprint density at radius 1 is 1.15 bits per heavy atom. The Morgan fingerprint density at radius 2 is 1.90 bits per heavy atom. The van der Waals surface area contributed by atoms with Crippen molar-refractivity contribution in [2.45, 2.75) is 39.2 Å². The molecule has 1 N–H and O–H groups in total. The van der Waals surface area contributed by atoms with Crippen LogP contribution >= 0.6 is 0 Å². The molecule has 4 atom stereocenters.